The molecule has 1 amide bonds. The summed E-state index contributed by atoms with van der Waals surface area (Å²) in [6, 6.07) is 0. The maximum Gasteiger partial charge on any atom is 0.515 e. The molecule has 124 valence electrons. The van der Waals surface area contributed by atoms with E-state index in [0.717, 1.165) is 26.2 Å². The highest BCUT2D eigenvalue weighted by molar-refractivity contribution is 6.60. The standard InChI is InChI=1S/C13H29N3O4Si/c1-4-18-21(19-5-2,20-6-3)12-16-9-7-15(8-10-16)11-13(14)17/h4-12H2,1-3H3,(H2,14,17). The second kappa shape index (κ2) is 9.49. The molecule has 0 aromatic rings. The van der Waals surface area contributed by atoms with Crippen LogP contribution in [-0.2, 0) is 18.1 Å². The predicted octanol–water partition coefficient (Wildman–Crippen LogP) is -0.323. The van der Waals surface area contributed by atoms with E-state index in [0.29, 0.717) is 32.5 Å². The second-order valence-corrected chi connectivity index (χ2v) is 7.55. The van der Waals surface area contributed by atoms with Crippen LogP contribution in [0.5, 0.6) is 0 Å². The molecule has 7 nitrogen and oxygen atoms in total. The Morgan fingerprint density at radius 2 is 1.38 bits per heavy atom. The molecule has 1 saturated heterocycles. The Labute approximate surface area is 128 Å². The summed E-state index contributed by atoms with van der Waals surface area (Å²) in [5.74, 6) is -0.273. The molecule has 0 radical (unpaired) electrons. The zero-order chi connectivity index (χ0) is 15.7. The maximum atomic E-state index is 10.9. The monoisotopic (exact) mass is 319 g/mol. The van der Waals surface area contributed by atoms with E-state index in [1.165, 1.54) is 0 Å². The topological polar surface area (TPSA) is 77.3 Å². The van der Waals surface area contributed by atoms with Crippen molar-refractivity contribution in [1.82, 2.24) is 9.80 Å². The molecule has 0 aliphatic carbocycles. The summed E-state index contributed by atoms with van der Waals surface area (Å²) in [7, 11) is -2.62. The quantitative estimate of drug-likeness (QED) is 0.556. The summed E-state index contributed by atoms with van der Waals surface area (Å²) in [4.78, 5) is 15.3. The number of amides is 1. The van der Waals surface area contributed by atoms with Crippen molar-refractivity contribution < 1.29 is 18.1 Å². The van der Waals surface area contributed by atoms with Crippen molar-refractivity contribution in [2.24, 2.45) is 5.73 Å². The number of hydrogen-bond donors (Lipinski definition) is 1. The van der Waals surface area contributed by atoms with Crippen molar-refractivity contribution in [3.05, 3.63) is 0 Å². The van der Waals surface area contributed by atoms with Crippen LogP contribution in [0.1, 0.15) is 20.8 Å². The Kier molecular flexibility index (Phi) is 8.38. The zero-order valence-electron chi connectivity index (χ0n) is 13.5. The number of carbonyl (C=O) groups excluding carboxylic acids is 1. The normalized spacial score (nSPS) is 18.0. The number of hydrogen-bond acceptors (Lipinski definition) is 6. The van der Waals surface area contributed by atoms with Crippen LogP contribution in [0.15, 0.2) is 0 Å². The lowest BCUT2D eigenvalue weighted by Gasteiger charge is -2.38. The molecule has 0 aromatic carbocycles. The van der Waals surface area contributed by atoms with Crippen LogP contribution in [-0.4, -0.2) is 83.2 Å². The average molecular weight is 319 g/mol. The number of nitrogens with two attached hydrogens (primary N) is 1. The van der Waals surface area contributed by atoms with Crippen LogP contribution in [0, 0.1) is 0 Å². The van der Waals surface area contributed by atoms with E-state index in [-0.39, 0.29) is 5.91 Å². The lowest BCUT2D eigenvalue weighted by atomic mass is 10.3. The summed E-state index contributed by atoms with van der Waals surface area (Å²) in [6.45, 7) is 11.4. The summed E-state index contributed by atoms with van der Waals surface area (Å²) in [5, 5.41) is 0. The Morgan fingerprint density at radius 3 is 1.76 bits per heavy atom. The third-order valence-corrected chi connectivity index (χ3v) is 6.37. The van der Waals surface area contributed by atoms with Gasteiger partial charge in [0.1, 0.15) is 0 Å². The fourth-order valence-corrected chi connectivity index (χ4v) is 5.23. The summed E-state index contributed by atoms with van der Waals surface area (Å²) in [5.41, 5.74) is 5.23. The van der Waals surface area contributed by atoms with E-state index >= 15 is 0 Å². The number of piperazine rings is 1. The van der Waals surface area contributed by atoms with E-state index < -0.39 is 8.80 Å². The molecule has 21 heavy (non-hydrogen) atoms. The van der Waals surface area contributed by atoms with Crippen LogP contribution >= 0.6 is 0 Å². The van der Waals surface area contributed by atoms with Crippen molar-refractivity contribution in [3.63, 3.8) is 0 Å². The highest BCUT2D eigenvalue weighted by atomic mass is 28.4. The average Bonchev–Trinajstić information content (AvgIpc) is 2.41. The molecule has 0 aromatic heterocycles. The van der Waals surface area contributed by atoms with Gasteiger partial charge in [0.15, 0.2) is 0 Å². The van der Waals surface area contributed by atoms with Gasteiger partial charge in [0, 0.05) is 46.0 Å². The molecule has 2 N–H and O–H groups in total. The van der Waals surface area contributed by atoms with Crippen LogP contribution in [0.25, 0.3) is 0 Å². The van der Waals surface area contributed by atoms with E-state index in [1.54, 1.807) is 0 Å². The Morgan fingerprint density at radius 1 is 0.952 bits per heavy atom. The molecular weight excluding hydrogens is 290 g/mol. The van der Waals surface area contributed by atoms with Crippen molar-refractivity contribution in [3.8, 4) is 0 Å². The van der Waals surface area contributed by atoms with Gasteiger partial charge in [-0.15, -0.1) is 0 Å². The van der Waals surface area contributed by atoms with Crippen molar-refractivity contribution >= 4 is 14.7 Å². The number of nitrogens with zero attached hydrogens (tertiary/aromatic N) is 2. The van der Waals surface area contributed by atoms with Gasteiger partial charge < -0.3 is 19.0 Å². The van der Waals surface area contributed by atoms with Crippen LogP contribution in [0.3, 0.4) is 0 Å². The Balaban J connectivity index is 2.53. The first-order valence-corrected chi connectivity index (χ1v) is 9.63. The first-order chi connectivity index (χ1) is 10.0. The largest absolute Gasteiger partial charge is 0.515 e. The van der Waals surface area contributed by atoms with Gasteiger partial charge in [-0.25, -0.2) is 0 Å². The molecule has 0 atom stereocenters. The Hall–Kier alpha value is -0.513. The molecule has 1 rings (SSSR count). The van der Waals surface area contributed by atoms with E-state index in [9.17, 15) is 4.79 Å². The molecule has 8 heteroatoms. The maximum absolute atomic E-state index is 10.9. The smallest absolute Gasteiger partial charge is 0.373 e. The lowest BCUT2D eigenvalue weighted by molar-refractivity contribution is -0.119. The van der Waals surface area contributed by atoms with Gasteiger partial charge in [0.05, 0.1) is 12.7 Å². The van der Waals surface area contributed by atoms with Gasteiger partial charge >= 0.3 is 8.80 Å². The highest BCUT2D eigenvalue weighted by Gasteiger charge is 2.42. The van der Waals surface area contributed by atoms with E-state index in [2.05, 4.69) is 9.80 Å². The van der Waals surface area contributed by atoms with Gasteiger partial charge in [-0.2, -0.15) is 0 Å². The number of rotatable bonds is 10. The highest BCUT2D eigenvalue weighted by Crippen LogP contribution is 2.14. The molecule has 0 bridgehead atoms. The van der Waals surface area contributed by atoms with Gasteiger partial charge in [-0.05, 0) is 20.8 Å². The van der Waals surface area contributed by atoms with Crippen molar-refractivity contribution in [1.29, 1.82) is 0 Å². The van der Waals surface area contributed by atoms with Crippen LogP contribution in [0.2, 0.25) is 0 Å². The van der Waals surface area contributed by atoms with Gasteiger partial charge in [0.25, 0.3) is 0 Å². The first kappa shape index (κ1) is 18.5. The fraction of sp³-hybridized carbons (Fsp3) is 0.923. The summed E-state index contributed by atoms with van der Waals surface area (Å²) in [6.07, 6.45) is 0.701. The minimum absolute atomic E-state index is 0.273. The predicted molar refractivity (Wildman–Crippen MR) is 82.7 cm³/mol. The van der Waals surface area contributed by atoms with Crippen LogP contribution < -0.4 is 5.73 Å². The number of carbonyl (C=O) groups is 1. The van der Waals surface area contributed by atoms with E-state index in [4.69, 9.17) is 19.0 Å². The van der Waals surface area contributed by atoms with Gasteiger partial charge in [0.2, 0.25) is 5.91 Å². The number of primary amides is 1. The SMILES string of the molecule is CCO[Si](CN1CCN(CC(N)=O)CC1)(OCC)OCC. The second-order valence-electron chi connectivity index (χ2n) is 5.00. The molecule has 1 fully saturated rings. The van der Waals surface area contributed by atoms with Gasteiger partial charge in [-0.3, -0.25) is 14.6 Å². The third-order valence-electron chi connectivity index (χ3n) is 3.35. The molecule has 0 spiro atoms. The Bertz CT molecular complexity index is 295. The molecule has 1 aliphatic rings. The molecule has 0 saturated carbocycles. The summed E-state index contributed by atoms with van der Waals surface area (Å²) >= 11 is 0. The molecular formula is C13H29N3O4Si. The van der Waals surface area contributed by atoms with Crippen molar-refractivity contribution in [2.75, 3.05) is 58.7 Å². The molecule has 1 aliphatic heterocycles. The minimum Gasteiger partial charge on any atom is -0.373 e. The fourth-order valence-electron chi connectivity index (χ4n) is 2.52. The summed E-state index contributed by atoms with van der Waals surface area (Å²) < 4.78 is 17.6. The first-order valence-electron chi connectivity index (χ1n) is 7.70. The van der Waals surface area contributed by atoms with Gasteiger partial charge in [-0.1, -0.05) is 0 Å². The zero-order valence-corrected chi connectivity index (χ0v) is 14.5. The third kappa shape index (κ3) is 6.41. The molecule has 0 unspecified atom stereocenters. The van der Waals surface area contributed by atoms with Crippen molar-refractivity contribution in [2.45, 2.75) is 20.8 Å². The minimum atomic E-state index is -2.62. The molecule has 1 heterocycles. The lowest BCUT2D eigenvalue weighted by Crippen LogP contribution is -2.59. The van der Waals surface area contributed by atoms with E-state index in [1.807, 2.05) is 20.8 Å². The van der Waals surface area contributed by atoms with Crippen LogP contribution in [0.4, 0.5) is 0 Å².